The molecule has 0 spiro atoms. The second kappa shape index (κ2) is 8.74. The van der Waals surface area contributed by atoms with Gasteiger partial charge in [0.2, 0.25) is 5.91 Å². The number of aryl methyl sites for hydroxylation is 1. The average molecular weight is 372 g/mol. The summed E-state index contributed by atoms with van der Waals surface area (Å²) in [7, 11) is 0. The van der Waals surface area contributed by atoms with Crippen molar-refractivity contribution in [3.8, 4) is 0 Å². The Morgan fingerprint density at radius 2 is 1.96 bits per heavy atom. The molecule has 1 N–H and O–H groups in total. The number of anilines is 1. The van der Waals surface area contributed by atoms with Gasteiger partial charge in [-0.1, -0.05) is 35.9 Å². The molecular weight excluding hydrogens is 354 g/mol. The Kier molecular flexibility index (Phi) is 6.14. The van der Waals surface area contributed by atoms with Crippen LogP contribution in [-0.2, 0) is 17.6 Å². The fourth-order valence-corrected chi connectivity index (χ4v) is 3.49. The highest BCUT2D eigenvalue weighted by atomic mass is 35.5. The zero-order valence-electron chi connectivity index (χ0n) is 13.6. The fraction of sp³-hybridized carbons (Fsp3) is 0.211. The zero-order valence-corrected chi connectivity index (χ0v) is 15.2. The van der Waals surface area contributed by atoms with E-state index in [1.807, 2.05) is 42.5 Å². The monoisotopic (exact) mass is 371 g/mol. The van der Waals surface area contributed by atoms with Crippen LogP contribution < -0.4 is 5.32 Å². The first-order chi connectivity index (χ1) is 12.2. The summed E-state index contributed by atoms with van der Waals surface area (Å²) in [5.41, 5.74) is 2.06. The fourth-order valence-electron chi connectivity index (χ4n) is 2.43. The maximum Gasteiger partial charge on any atom is 0.226 e. The average Bonchev–Trinajstić information content (AvgIpc) is 3.05. The zero-order chi connectivity index (χ0) is 17.5. The molecule has 6 heteroatoms. The van der Waals surface area contributed by atoms with Gasteiger partial charge in [-0.2, -0.15) is 0 Å². The van der Waals surface area contributed by atoms with Crippen molar-refractivity contribution in [2.75, 3.05) is 5.32 Å². The van der Waals surface area contributed by atoms with E-state index in [0.717, 1.165) is 34.0 Å². The van der Waals surface area contributed by atoms with Crippen molar-refractivity contribution in [2.24, 2.45) is 0 Å². The molecule has 1 amide bonds. The van der Waals surface area contributed by atoms with E-state index < -0.39 is 0 Å². The number of thiazole rings is 1. The van der Waals surface area contributed by atoms with Crippen LogP contribution in [0.4, 0.5) is 5.13 Å². The maximum absolute atomic E-state index is 12.0. The predicted octanol–water partition coefficient (Wildman–Crippen LogP) is 4.74. The quantitative estimate of drug-likeness (QED) is 0.652. The van der Waals surface area contributed by atoms with Crippen molar-refractivity contribution in [1.82, 2.24) is 9.97 Å². The second-order valence-corrected chi connectivity index (χ2v) is 7.15. The Balaban J connectivity index is 1.47. The van der Waals surface area contributed by atoms with E-state index in [1.54, 1.807) is 12.4 Å². The predicted molar refractivity (Wildman–Crippen MR) is 102 cm³/mol. The number of amides is 1. The van der Waals surface area contributed by atoms with Crippen LogP contribution >= 0.6 is 22.9 Å². The number of halogens is 1. The molecule has 0 fully saturated rings. The van der Waals surface area contributed by atoms with E-state index in [9.17, 15) is 4.79 Å². The topological polar surface area (TPSA) is 54.9 Å². The normalized spacial score (nSPS) is 10.6. The van der Waals surface area contributed by atoms with E-state index in [1.165, 1.54) is 11.3 Å². The van der Waals surface area contributed by atoms with Gasteiger partial charge in [-0.05, 0) is 36.6 Å². The Labute approximate surface area is 155 Å². The molecule has 128 valence electrons. The molecule has 25 heavy (non-hydrogen) atoms. The standard InChI is InChI=1S/C19H18ClN3OS/c20-17-9-2-1-6-14(17)12-16-13-22-19(25-16)23-18(24)10-5-8-15-7-3-4-11-21-15/h1-4,6-7,9,11,13H,5,8,10,12H2,(H,22,23,24). The van der Waals surface area contributed by atoms with Gasteiger partial charge in [0.1, 0.15) is 0 Å². The van der Waals surface area contributed by atoms with Crippen LogP contribution in [0.3, 0.4) is 0 Å². The Bertz CT molecular complexity index is 835. The van der Waals surface area contributed by atoms with Gasteiger partial charge >= 0.3 is 0 Å². The molecule has 4 nitrogen and oxygen atoms in total. The van der Waals surface area contributed by atoms with E-state index in [4.69, 9.17) is 11.6 Å². The molecule has 1 aromatic carbocycles. The minimum atomic E-state index is -0.0189. The van der Waals surface area contributed by atoms with Gasteiger partial charge in [0.15, 0.2) is 5.13 Å². The molecule has 0 radical (unpaired) electrons. The second-order valence-electron chi connectivity index (χ2n) is 5.62. The number of rotatable bonds is 7. The molecule has 2 aromatic heterocycles. The number of pyridine rings is 1. The molecular formula is C19H18ClN3OS. The van der Waals surface area contributed by atoms with Crippen LogP contribution in [0, 0.1) is 0 Å². The molecule has 0 saturated heterocycles. The first-order valence-corrected chi connectivity index (χ1v) is 9.28. The Hall–Kier alpha value is -2.24. The molecule has 0 unspecified atom stereocenters. The molecule has 3 aromatic rings. The third-order valence-corrected chi connectivity index (χ3v) is 4.97. The van der Waals surface area contributed by atoms with E-state index in [0.29, 0.717) is 18.0 Å². The lowest BCUT2D eigenvalue weighted by Crippen LogP contribution is -2.11. The van der Waals surface area contributed by atoms with Crippen LogP contribution in [0.25, 0.3) is 0 Å². The van der Waals surface area contributed by atoms with Gasteiger partial charge in [-0.25, -0.2) is 4.98 Å². The smallest absolute Gasteiger partial charge is 0.226 e. The Morgan fingerprint density at radius 3 is 2.76 bits per heavy atom. The number of hydrogen-bond donors (Lipinski definition) is 1. The number of aromatic nitrogens is 2. The van der Waals surface area contributed by atoms with Crippen molar-refractivity contribution < 1.29 is 4.79 Å². The number of carbonyl (C=O) groups is 1. The lowest BCUT2D eigenvalue weighted by atomic mass is 10.1. The molecule has 0 atom stereocenters. The van der Waals surface area contributed by atoms with Gasteiger partial charge in [0.05, 0.1) is 0 Å². The highest BCUT2D eigenvalue weighted by molar-refractivity contribution is 7.15. The van der Waals surface area contributed by atoms with Gasteiger partial charge in [-0.15, -0.1) is 11.3 Å². The van der Waals surface area contributed by atoms with Crippen molar-refractivity contribution in [3.05, 3.63) is 76.0 Å². The molecule has 3 rings (SSSR count). The third-order valence-electron chi connectivity index (χ3n) is 3.69. The van der Waals surface area contributed by atoms with Crippen molar-refractivity contribution in [2.45, 2.75) is 25.7 Å². The molecule has 0 aliphatic rings. The number of nitrogens with zero attached hydrogens (tertiary/aromatic N) is 2. The summed E-state index contributed by atoms with van der Waals surface area (Å²) in [5, 5.41) is 4.24. The summed E-state index contributed by atoms with van der Waals surface area (Å²) in [6.45, 7) is 0. The minimum absolute atomic E-state index is 0.0189. The summed E-state index contributed by atoms with van der Waals surface area (Å²) in [5.74, 6) is -0.0189. The van der Waals surface area contributed by atoms with Gasteiger partial charge in [-0.3, -0.25) is 9.78 Å². The van der Waals surface area contributed by atoms with Crippen molar-refractivity contribution >= 4 is 34.0 Å². The Morgan fingerprint density at radius 1 is 1.12 bits per heavy atom. The minimum Gasteiger partial charge on any atom is -0.302 e. The van der Waals surface area contributed by atoms with Crippen LogP contribution in [-0.4, -0.2) is 15.9 Å². The summed E-state index contributed by atoms with van der Waals surface area (Å²) in [6, 6.07) is 13.6. The third kappa shape index (κ3) is 5.37. The van der Waals surface area contributed by atoms with Gasteiger partial charge in [0, 0.05) is 40.8 Å². The molecule has 0 bridgehead atoms. The number of benzene rings is 1. The summed E-state index contributed by atoms with van der Waals surface area (Å²) < 4.78 is 0. The van der Waals surface area contributed by atoms with Crippen molar-refractivity contribution in [1.29, 1.82) is 0 Å². The molecule has 0 aliphatic heterocycles. The largest absolute Gasteiger partial charge is 0.302 e. The lowest BCUT2D eigenvalue weighted by molar-refractivity contribution is -0.116. The highest BCUT2D eigenvalue weighted by Crippen LogP contribution is 2.24. The van der Waals surface area contributed by atoms with E-state index in [-0.39, 0.29) is 5.91 Å². The number of carbonyl (C=O) groups excluding carboxylic acids is 1. The van der Waals surface area contributed by atoms with E-state index in [2.05, 4.69) is 15.3 Å². The highest BCUT2D eigenvalue weighted by Gasteiger charge is 2.09. The van der Waals surface area contributed by atoms with Crippen molar-refractivity contribution in [3.63, 3.8) is 0 Å². The molecule has 0 saturated carbocycles. The lowest BCUT2D eigenvalue weighted by Gasteiger charge is -2.02. The van der Waals surface area contributed by atoms with Gasteiger partial charge < -0.3 is 5.32 Å². The van der Waals surface area contributed by atoms with E-state index >= 15 is 0 Å². The van der Waals surface area contributed by atoms with Crippen LogP contribution in [0.15, 0.2) is 54.9 Å². The molecule has 2 heterocycles. The first-order valence-electron chi connectivity index (χ1n) is 8.08. The molecule has 0 aliphatic carbocycles. The number of nitrogens with one attached hydrogen (secondary N) is 1. The van der Waals surface area contributed by atoms with Crippen LogP contribution in [0.2, 0.25) is 5.02 Å². The summed E-state index contributed by atoms with van der Waals surface area (Å²) >= 11 is 7.66. The van der Waals surface area contributed by atoms with Crippen LogP contribution in [0.5, 0.6) is 0 Å². The first kappa shape index (κ1) is 17.6. The summed E-state index contributed by atoms with van der Waals surface area (Å²) in [4.78, 5) is 21.6. The van der Waals surface area contributed by atoms with Gasteiger partial charge in [0.25, 0.3) is 0 Å². The summed E-state index contributed by atoms with van der Waals surface area (Å²) in [6.07, 6.45) is 6.29. The SMILES string of the molecule is O=C(CCCc1ccccn1)Nc1ncc(Cc2ccccc2Cl)s1. The maximum atomic E-state index is 12.0. The van der Waals surface area contributed by atoms with Crippen LogP contribution in [0.1, 0.15) is 29.0 Å². The number of hydrogen-bond acceptors (Lipinski definition) is 4.